The fourth-order valence-corrected chi connectivity index (χ4v) is 2.45. The Kier molecular flexibility index (Phi) is 3.38. The molecule has 1 aromatic rings. The summed E-state index contributed by atoms with van der Waals surface area (Å²) in [4.78, 5) is 0. The Bertz CT molecular complexity index is 421. The van der Waals surface area contributed by atoms with E-state index in [-0.39, 0.29) is 5.75 Å². The van der Waals surface area contributed by atoms with E-state index >= 15 is 0 Å². The molecule has 1 fully saturated rings. The molecule has 2 rings (SSSR count). The maximum absolute atomic E-state index is 13.3. The third kappa shape index (κ3) is 2.60. The first-order valence-corrected chi connectivity index (χ1v) is 6.75. The van der Waals surface area contributed by atoms with Gasteiger partial charge in [-0.25, -0.2) is 4.39 Å². The molecule has 5 heteroatoms. The summed E-state index contributed by atoms with van der Waals surface area (Å²) in [6, 6.07) is 2.90. The van der Waals surface area contributed by atoms with Crippen LogP contribution in [0.15, 0.2) is 12.1 Å². The number of hydrogen-bond donors (Lipinski definition) is 2. The second kappa shape index (κ2) is 4.64. The first kappa shape index (κ1) is 12.4. The zero-order chi connectivity index (χ0) is 12.5. The van der Waals surface area contributed by atoms with Gasteiger partial charge in [0.15, 0.2) is 11.6 Å². The first-order valence-electron chi connectivity index (χ1n) is 5.52. The highest BCUT2D eigenvalue weighted by Crippen LogP contribution is 2.47. The Morgan fingerprint density at radius 3 is 2.76 bits per heavy atom. The van der Waals surface area contributed by atoms with Crippen molar-refractivity contribution in [2.75, 3.05) is 31.0 Å². The molecule has 1 aliphatic rings. The van der Waals surface area contributed by atoms with Crippen molar-refractivity contribution in [3.63, 3.8) is 0 Å². The van der Waals surface area contributed by atoms with Crippen LogP contribution in [0.25, 0.3) is 0 Å². The van der Waals surface area contributed by atoms with Gasteiger partial charge in [0.05, 0.1) is 18.5 Å². The molecule has 0 bridgehead atoms. The molecule has 0 spiro atoms. The van der Waals surface area contributed by atoms with E-state index in [0.29, 0.717) is 10.4 Å². The molecule has 0 heterocycles. The molecule has 0 saturated heterocycles. The third-order valence-electron chi connectivity index (χ3n) is 3.17. The predicted molar refractivity (Wildman–Crippen MR) is 71.3 cm³/mol. The predicted octanol–water partition coefficient (Wildman–Crippen LogP) is 2.72. The molecule has 17 heavy (non-hydrogen) atoms. The second-order valence-electron chi connectivity index (χ2n) is 4.31. The molecule has 3 nitrogen and oxygen atoms in total. The molecule has 0 atom stereocenters. The lowest BCUT2D eigenvalue weighted by atomic mass is 10.2. The Balaban J connectivity index is 2.10. The van der Waals surface area contributed by atoms with Crippen molar-refractivity contribution in [2.45, 2.75) is 17.6 Å². The number of nitrogens with two attached hydrogens (primary N) is 1. The molecule has 0 aliphatic heterocycles. The Labute approximate surface area is 105 Å². The number of hydrogen-bond acceptors (Lipinski definition) is 4. The molecular weight excluding hydrogens is 239 g/mol. The number of rotatable bonds is 5. The van der Waals surface area contributed by atoms with Crippen molar-refractivity contribution in [1.29, 1.82) is 0 Å². The zero-order valence-corrected chi connectivity index (χ0v) is 10.9. The molecule has 0 aromatic heterocycles. The maximum Gasteiger partial charge on any atom is 0.167 e. The van der Waals surface area contributed by atoms with Crippen LogP contribution < -0.4 is 15.8 Å². The zero-order valence-electron chi connectivity index (χ0n) is 10.0. The SMILES string of the molecule is COc1cc(NCC2(SC)CC2)c(N)cc1F. The third-order valence-corrected chi connectivity index (χ3v) is 4.58. The van der Waals surface area contributed by atoms with Crippen molar-refractivity contribution < 1.29 is 9.13 Å². The van der Waals surface area contributed by atoms with Gasteiger partial charge in [0.2, 0.25) is 0 Å². The van der Waals surface area contributed by atoms with E-state index in [4.69, 9.17) is 10.5 Å². The number of nitrogens with one attached hydrogen (secondary N) is 1. The van der Waals surface area contributed by atoms with Crippen LogP contribution >= 0.6 is 11.8 Å². The van der Waals surface area contributed by atoms with Crippen LogP contribution in [-0.4, -0.2) is 24.7 Å². The molecule has 0 unspecified atom stereocenters. The highest BCUT2D eigenvalue weighted by atomic mass is 32.2. The van der Waals surface area contributed by atoms with Gasteiger partial charge in [-0.3, -0.25) is 0 Å². The number of anilines is 2. The van der Waals surface area contributed by atoms with Crippen molar-refractivity contribution in [2.24, 2.45) is 0 Å². The summed E-state index contributed by atoms with van der Waals surface area (Å²) in [5.41, 5.74) is 6.93. The highest BCUT2D eigenvalue weighted by Gasteiger charge is 2.41. The standard InChI is InChI=1S/C12H17FN2OS/c1-16-11-6-10(9(14)5-8(11)13)15-7-12(17-2)3-4-12/h5-6,15H,3-4,7,14H2,1-2H3. The quantitative estimate of drug-likeness (QED) is 0.795. The van der Waals surface area contributed by atoms with Crippen LogP contribution in [0.1, 0.15) is 12.8 Å². The summed E-state index contributed by atoms with van der Waals surface area (Å²) in [5.74, 6) is -0.211. The molecule has 0 radical (unpaired) electrons. The summed E-state index contributed by atoms with van der Waals surface area (Å²) in [6.45, 7) is 0.854. The molecule has 1 saturated carbocycles. The first-order chi connectivity index (χ1) is 8.10. The lowest BCUT2D eigenvalue weighted by molar-refractivity contribution is 0.387. The van der Waals surface area contributed by atoms with Gasteiger partial charge in [-0.05, 0) is 19.1 Å². The van der Waals surface area contributed by atoms with E-state index in [2.05, 4.69) is 11.6 Å². The van der Waals surface area contributed by atoms with Crippen molar-refractivity contribution in [1.82, 2.24) is 0 Å². The average Bonchev–Trinajstić information content (AvgIpc) is 3.09. The molecule has 3 N–H and O–H groups in total. The Morgan fingerprint density at radius 2 is 2.24 bits per heavy atom. The summed E-state index contributed by atoms with van der Waals surface area (Å²) in [6.07, 6.45) is 4.56. The summed E-state index contributed by atoms with van der Waals surface area (Å²) < 4.78 is 18.6. The van der Waals surface area contributed by atoms with Crippen LogP contribution in [0, 0.1) is 5.82 Å². The van der Waals surface area contributed by atoms with E-state index in [0.717, 1.165) is 12.2 Å². The van der Waals surface area contributed by atoms with Crippen LogP contribution in [0.3, 0.4) is 0 Å². The Morgan fingerprint density at radius 1 is 1.53 bits per heavy atom. The maximum atomic E-state index is 13.3. The van der Waals surface area contributed by atoms with Gasteiger partial charge in [0.1, 0.15) is 0 Å². The lowest BCUT2D eigenvalue weighted by Gasteiger charge is -2.16. The minimum Gasteiger partial charge on any atom is -0.494 e. The van der Waals surface area contributed by atoms with Gasteiger partial charge in [0, 0.05) is 23.4 Å². The number of benzene rings is 1. The van der Waals surface area contributed by atoms with Crippen molar-refractivity contribution in [3.05, 3.63) is 17.9 Å². The molecule has 1 aliphatic carbocycles. The molecule has 0 amide bonds. The van der Waals surface area contributed by atoms with Gasteiger partial charge in [-0.2, -0.15) is 11.8 Å². The van der Waals surface area contributed by atoms with E-state index in [9.17, 15) is 4.39 Å². The monoisotopic (exact) mass is 256 g/mol. The van der Waals surface area contributed by atoms with Crippen LogP contribution in [-0.2, 0) is 0 Å². The number of thioether (sulfide) groups is 1. The molecule has 1 aromatic carbocycles. The van der Waals surface area contributed by atoms with Crippen LogP contribution in [0.5, 0.6) is 5.75 Å². The number of ether oxygens (including phenoxy) is 1. The van der Waals surface area contributed by atoms with E-state index in [1.807, 2.05) is 11.8 Å². The fraction of sp³-hybridized carbons (Fsp3) is 0.500. The van der Waals surface area contributed by atoms with Crippen LogP contribution in [0.4, 0.5) is 15.8 Å². The van der Waals surface area contributed by atoms with Gasteiger partial charge < -0.3 is 15.8 Å². The van der Waals surface area contributed by atoms with Gasteiger partial charge in [-0.1, -0.05) is 0 Å². The van der Waals surface area contributed by atoms with E-state index in [1.54, 1.807) is 6.07 Å². The van der Waals surface area contributed by atoms with Gasteiger partial charge >= 0.3 is 0 Å². The van der Waals surface area contributed by atoms with E-state index < -0.39 is 5.82 Å². The highest BCUT2D eigenvalue weighted by molar-refractivity contribution is 8.00. The average molecular weight is 256 g/mol. The van der Waals surface area contributed by atoms with Gasteiger partial charge in [-0.15, -0.1) is 0 Å². The molecule has 94 valence electrons. The normalized spacial score (nSPS) is 16.6. The molecular formula is C12H17FN2OS. The summed E-state index contributed by atoms with van der Waals surface area (Å²) in [7, 11) is 1.45. The number of nitrogen functional groups attached to an aromatic ring is 1. The minimum absolute atomic E-state index is 0.218. The number of halogens is 1. The lowest BCUT2D eigenvalue weighted by Crippen LogP contribution is -2.18. The minimum atomic E-state index is -0.429. The van der Waals surface area contributed by atoms with Crippen molar-refractivity contribution in [3.8, 4) is 5.75 Å². The smallest absolute Gasteiger partial charge is 0.167 e. The summed E-state index contributed by atoms with van der Waals surface area (Å²) in [5, 5.41) is 3.28. The largest absolute Gasteiger partial charge is 0.494 e. The van der Waals surface area contributed by atoms with Crippen LogP contribution in [0.2, 0.25) is 0 Å². The summed E-state index contributed by atoms with van der Waals surface area (Å²) >= 11 is 1.87. The Hall–Kier alpha value is -1.10. The topological polar surface area (TPSA) is 47.3 Å². The van der Waals surface area contributed by atoms with E-state index in [1.165, 1.54) is 26.0 Å². The second-order valence-corrected chi connectivity index (χ2v) is 5.59. The fourth-order valence-electron chi connectivity index (χ4n) is 1.73. The number of methoxy groups -OCH3 is 1. The van der Waals surface area contributed by atoms with Gasteiger partial charge in [0.25, 0.3) is 0 Å². The van der Waals surface area contributed by atoms with Crippen molar-refractivity contribution >= 4 is 23.1 Å².